The molecule has 4 heteroatoms. The van der Waals surface area contributed by atoms with Crippen LogP contribution in [0.1, 0.15) is 58.8 Å². The van der Waals surface area contributed by atoms with Crippen molar-refractivity contribution in [1.29, 1.82) is 0 Å². The summed E-state index contributed by atoms with van der Waals surface area (Å²) in [6.45, 7) is 6.69. The lowest BCUT2D eigenvalue weighted by atomic mass is 9.95. The zero-order valence-corrected chi connectivity index (χ0v) is 12.3. The SMILES string of the molecule is CC1(C)CCNC(CCC(=O)O)CN1C1CCCC1. The van der Waals surface area contributed by atoms with Crippen LogP contribution in [-0.4, -0.2) is 46.7 Å². The van der Waals surface area contributed by atoms with Gasteiger partial charge in [0.25, 0.3) is 0 Å². The Balaban J connectivity index is 2.00. The first-order valence-corrected chi connectivity index (χ1v) is 7.71. The van der Waals surface area contributed by atoms with Crippen molar-refractivity contribution < 1.29 is 9.90 Å². The van der Waals surface area contributed by atoms with E-state index in [0.29, 0.717) is 12.1 Å². The van der Waals surface area contributed by atoms with Crippen molar-refractivity contribution in [1.82, 2.24) is 10.2 Å². The smallest absolute Gasteiger partial charge is 0.303 e. The van der Waals surface area contributed by atoms with Gasteiger partial charge in [0.1, 0.15) is 0 Å². The lowest BCUT2D eigenvalue weighted by molar-refractivity contribution is -0.137. The van der Waals surface area contributed by atoms with Crippen LogP contribution in [0.2, 0.25) is 0 Å². The number of nitrogens with one attached hydrogen (secondary N) is 1. The molecular formula is C15H28N2O2. The second-order valence-electron chi connectivity index (χ2n) is 6.74. The molecule has 0 bridgehead atoms. The van der Waals surface area contributed by atoms with Crippen LogP contribution in [0.25, 0.3) is 0 Å². The molecule has 0 radical (unpaired) electrons. The Bertz CT molecular complexity index is 311. The van der Waals surface area contributed by atoms with Crippen LogP contribution in [-0.2, 0) is 4.79 Å². The normalized spacial score (nSPS) is 29.3. The maximum atomic E-state index is 10.8. The van der Waals surface area contributed by atoms with E-state index in [4.69, 9.17) is 5.11 Å². The van der Waals surface area contributed by atoms with Crippen LogP contribution in [0.4, 0.5) is 0 Å². The molecule has 1 unspecified atom stereocenters. The highest BCUT2D eigenvalue weighted by Gasteiger charge is 2.37. The average Bonchev–Trinajstić information content (AvgIpc) is 2.79. The molecule has 0 aromatic heterocycles. The van der Waals surface area contributed by atoms with Crippen LogP contribution in [0.3, 0.4) is 0 Å². The van der Waals surface area contributed by atoms with Crippen molar-refractivity contribution in [2.45, 2.75) is 76.4 Å². The lowest BCUT2D eigenvalue weighted by Gasteiger charge is -2.42. The van der Waals surface area contributed by atoms with E-state index in [0.717, 1.165) is 25.9 Å². The molecule has 1 heterocycles. The number of hydrogen-bond donors (Lipinski definition) is 2. The van der Waals surface area contributed by atoms with Gasteiger partial charge < -0.3 is 10.4 Å². The second-order valence-corrected chi connectivity index (χ2v) is 6.74. The van der Waals surface area contributed by atoms with Gasteiger partial charge in [0.15, 0.2) is 0 Å². The quantitative estimate of drug-likeness (QED) is 0.821. The van der Waals surface area contributed by atoms with Gasteiger partial charge >= 0.3 is 5.97 Å². The number of nitrogens with zero attached hydrogens (tertiary/aromatic N) is 1. The Labute approximate surface area is 116 Å². The standard InChI is InChI=1S/C15H28N2O2/c1-15(2)9-10-16-12(7-8-14(18)19)11-17(15)13-5-3-4-6-13/h12-13,16H,3-11H2,1-2H3,(H,18,19). The summed E-state index contributed by atoms with van der Waals surface area (Å²) < 4.78 is 0. The molecule has 2 rings (SSSR count). The zero-order chi connectivity index (χ0) is 13.9. The first-order valence-electron chi connectivity index (χ1n) is 7.71. The van der Waals surface area contributed by atoms with E-state index in [1.54, 1.807) is 0 Å². The highest BCUT2D eigenvalue weighted by atomic mass is 16.4. The third-order valence-corrected chi connectivity index (χ3v) is 4.84. The van der Waals surface area contributed by atoms with Gasteiger partial charge in [0.05, 0.1) is 0 Å². The summed E-state index contributed by atoms with van der Waals surface area (Å²) in [7, 11) is 0. The fourth-order valence-corrected chi connectivity index (χ4v) is 3.63. The van der Waals surface area contributed by atoms with E-state index in [9.17, 15) is 4.79 Å². The number of carbonyl (C=O) groups is 1. The number of carboxylic acid groups (broad SMARTS) is 1. The van der Waals surface area contributed by atoms with Gasteiger partial charge in [-0.3, -0.25) is 9.69 Å². The summed E-state index contributed by atoms with van der Waals surface area (Å²) in [6.07, 6.45) is 7.50. The van der Waals surface area contributed by atoms with Gasteiger partial charge in [-0.15, -0.1) is 0 Å². The maximum Gasteiger partial charge on any atom is 0.303 e. The van der Waals surface area contributed by atoms with Gasteiger partial charge in [0, 0.05) is 30.6 Å². The molecule has 1 atom stereocenters. The molecule has 110 valence electrons. The summed E-state index contributed by atoms with van der Waals surface area (Å²) in [4.78, 5) is 13.4. The van der Waals surface area contributed by atoms with E-state index >= 15 is 0 Å². The molecule has 1 aliphatic heterocycles. The van der Waals surface area contributed by atoms with Crippen molar-refractivity contribution in [3.8, 4) is 0 Å². The minimum atomic E-state index is -0.683. The molecule has 2 N–H and O–H groups in total. The summed E-state index contributed by atoms with van der Waals surface area (Å²) in [5, 5.41) is 12.4. The average molecular weight is 268 g/mol. The molecule has 4 nitrogen and oxygen atoms in total. The Morgan fingerprint density at radius 1 is 1.37 bits per heavy atom. The summed E-state index contributed by atoms with van der Waals surface area (Å²) in [6, 6.07) is 1.04. The van der Waals surface area contributed by atoms with Crippen molar-refractivity contribution in [2.75, 3.05) is 13.1 Å². The lowest BCUT2D eigenvalue weighted by Crippen LogP contribution is -2.51. The van der Waals surface area contributed by atoms with Crippen molar-refractivity contribution in [2.24, 2.45) is 0 Å². The molecule has 0 aromatic rings. The molecule has 2 aliphatic rings. The molecule has 1 saturated heterocycles. The van der Waals surface area contributed by atoms with Gasteiger partial charge in [-0.25, -0.2) is 0 Å². The Kier molecular flexibility index (Phi) is 4.85. The molecule has 19 heavy (non-hydrogen) atoms. The third kappa shape index (κ3) is 3.93. The second kappa shape index (κ2) is 6.23. The largest absolute Gasteiger partial charge is 0.481 e. The minimum Gasteiger partial charge on any atom is -0.481 e. The van der Waals surface area contributed by atoms with Gasteiger partial charge in [-0.1, -0.05) is 12.8 Å². The first-order chi connectivity index (χ1) is 8.99. The maximum absolute atomic E-state index is 10.8. The van der Waals surface area contributed by atoms with Crippen molar-refractivity contribution in [3.05, 3.63) is 0 Å². The van der Waals surface area contributed by atoms with E-state index < -0.39 is 5.97 Å². The van der Waals surface area contributed by atoms with Crippen LogP contribution < -0.4 is 5.32 Å². The van der Waals surface area contributed by atoms with Gasteiger partial charge in [-0.2, -0.15) is 0 Å². The fourth-order valence-electron chi connectivity index (χ4n) is 3.63. The predicted octanol–water partition coefficient (Wildman–Crippen LogP) is 2.24. The summed E-state index contributed by atoms with van der Waals surface area (Å²) in [5.74, 6) is -0.683. The Morgan fingerprint density at radius 3 is 2.68 bits per heavy atom. The monoisotopic (exact) mass is 268 g/mol. The van der Waals surface area contributed by atoms with E-state index in [1.165, 1.54) is 25.7 Å². The number of hydrogen-bond acceptors (Lipinski definition) is 3. The Hall–Kier alpha value is -0.610. The van der Waals surface area contributed by atoms with E-state index in [2.05, 4.69) is 24.1 Å². The molecule has 1 saturated carbocycles. The molecule has 0 amide bonds. The van der Waals surface area contributed by atoms with E-state index in [-0.39, 0.29) is 12.0 Å². The van der Waals surface area contributed by atoms with Crippen LogP contribution in [0.5, 0.6) is 0 Å². The minimum absolute atomic E-state index is 0.236. The van der Waals surface area contributed by atoms with Gasteiger partial charge in [-0.05, 0) is 46.1 Å². The number of aliphatic carboxylic acids is 1. The summed E-state index contributed by atoms with van der Waals surface area (Å²) >= 11 is 0. The molecule has 0 spiro atoms. The highest BCUT2D eigenvalue weighted by Crippen LogP contribution is 2.32. The fraction of sp³-hybridized carbons (Fsp3) is 0.933. The van der Waals surface area contributed by atoms with Crippen LogP contribution in [0.15, 0.2) is 0 Å². The number of carboxylic acids is 1. The summed E-state index contributed by atoms with van der Waals surface area (Å²) in [5.41, 5.74) is 0.236. The van der Waals surface area contributed by atoms with E-state index in [1.807, 2.05) is 0 Å². The predicted molar refractivity (Wildman–Crippen MR) is 76.3 cm³/mol. The van der Waals surface area contributed by atoms with Crippen LogP contribution >= 0.6 is 0 Å². The zero-order valence-electron chi connectivity index (χ0n) is 12.3. The number of rotatable bonds is 4. The molecule has 1 aliphatic carbocycles. The van der Waals surface area contributed by atoms with Crippen molar-refractivity contribution in [3.63, 3.8) is 0 Å². The topological polar surface area (TPSA) is 52.6 Å². The highest BCUT2D eigenvalue weighted by molar-refractivity contribution is 5.66. The molecule has 2 fully saturated rings. The Morgan fingerprint density at radius 2 is 2.05 bits per heavy atom. The first kappa shape index (κ1) is 14.8. The molecular weight excluding hydrogens is 240 g/mol. The van der Waals surface area contributed by atoms with Crippen LogP contribution in [0, 0.1) is 0 Å². The van der Waals surface area contributed by atoms with Crippen molar-refractivity contribution >= 4 is 5.97 Å². The molecule has 0 aromatic carbocycles. The van der Waals surface area contributed by atoms with Gasteiger partial charge in [0.2, 0.25) is 0 Å². The third-order valence-electron chi connectivity index (χ3n) is 4.84.